The molecule has 2 aliphatic rings. The maximum Gasteiger partial charge on any atom is 0.321 e. The Balaban J connectivity index is 1.60. The first-order valence-corrected chi connectivity index (χ1v) is 9.73. The summed E-state index contributed by atoms with van der Waals surface area (Å²) in [6, 6.07) is 8.11. The Morgan fingerprint density at radius 2 is 1.96 bits per heavy atom. The van der Waals surface area contributed by atoms with Crippen molar-refractivity contribution >= 4 is 17.4 Å². The van der Waals surface area contributed by atoms with Crippen molar-refractivity contribution in [2.24, 2.45) is 5.41 Å². The Hall–Kier alpha value is -1.79. The first-order chi connectivity index (χ1) is 12.7. The van der Waals surface area contributed by atoms with E-state index in [-0.39, 0.29) is 29.2 Å². The number of methoxy groups -OCH3 is 1. The van der Waals surface area contributed by atoms with Crippen LogP contribution in [0.25, 0.3) is 0 Å². The monoisotopic (exact) mass is 375 g/mol. The molecule has 1 aliphatic carbocycles. The van der Waals surface area contributed by atoms with E-state index in [9.17, 15) is 4.79 Å². The summed E-state index contributed by atoms with van der Waals surface area (Å²) in [5.74, 6) is 0. The molecule has 2 fully saturated rings. The molecule has 1 aliphatic heterocycles. The Bertz CT molecular complexity index is 676. The van der Waals surface area contributed by atoms with Crippen LogP contribution < -0.4 is 10.2 Å². The predicted molar refractivity (Wildman–Crippen MR) is 108 cm³/mol. The van der Waals surface area contributed by atoms with Gasteiger partial charge in [-0.25, -0.2) is 4.79 Å². The third-order valence-corrected chi connectivity index (χ3v) is 6.74. The number of morpholine rings is 1. The third-order valence-electron chi connectivity index (χ3n) is 6.74. The molecule has 1 saturated heterocycles. The van der Waals surface area contributed by atoms with Gasteiger partial charge in [0.15, 0.2) is 0 Å². The van der Waals surface area contributed by atoms with Gasteiger partial charge in [0.1, 0.15) is 0 Å². The quantitative estimate of drug-likeness (QED) is 0.874. The normalized spacial score (nSPS) is 29.8. The van der Waals surface area contributed by atoms with Gasteiger partial charge >= 0.3 is 6.03 Å². The lowest BCUT2D eigenvalue weighted by Crippen LogP contribution is -2.69. The summed E-state index contributed by atoms with van der Waals surface area (Å²) >= 11 is 0. The van der Waals surface area contributed by atoms with E-state index >= 15 is 0 Å². The number of nitrogens with zero attached hydrogens (tertiary/aromatic N) is 2. The van der Waals surface area contributed by atoms with Crippen LogP contribution in [0, 0.1) is 5.41 Å². The molecule has 0 bridgehead atoms. The summed E-state index contributed by atoms with van der Waals surface area (Å²) in [5, 5.41) is 3.02. The van der Waals surface area contributed by atoms with Gasteiger partial charge in [0.05, 0.1) is 18.3 Å². The summed E-state index contributed by atoms with van der Waals surface area (Å²) in [4.78, 5) is 16.8. The molecule has 6 nitrogen and oxygen atoms in total. The zero-order chi connectivity index (χ0) is 19.8. The molecule has 2 amide bonds. The number of hydrogen-bond donors (Lipinski definition) is 1. The Morgan fingerprint density at radius 3 is 2.52 bits per heavy atom. The van der Waals surface area contributed by atoms with Gasteiger partial charge in [-0.1, -0.05) is 13.8 Å². The highest BCUT2D eigenvalue weighted by atomic mass is 16.5. The first-order valence-electron chi connectivity index (χ1n) is 9.73. The van der Waals surface area contributed by atoms with Crippen molar-refractivity contribution in [3.8, 4) is 0 Å². The minimum atomic E-state index is -0.191. The van der Waals surface area contributed by atoms with Gasteiger partial charge in [-0.2, -0.15) is 0 Å². The molecule has 6 heteroatoms. The van der Waals surface area contributed by atoms with Crippen molar-refractivity contribution < 1.29 is 14.3 Å². The van der Waals surface area contributed by atoms with Crippen LogP contribution in [0.15, 0.2) is 24.3 Å². The van der Waals surface area contributed by atoms with Gasteiger partial charge < -0.3 is 24.6 Å². The summed E-state index contributed by atoms with van der Waals surface area (Å²) in [6.45, 7) is 11.1. The Labute approximate surface area is 162 Å². The highest BCUT2D eigenvalue weighted by molar-refractivity contribution is 5.89. The Kier molecular flexibility index (Phi) is 5.41. The second kappa shape index (κ2) is 7.32. The molecule has 1 heterocycles. The van der Waals surface area contributed by atoms with Gasteiger partial charge in [-0.15, -0.1) is 0 Å². The fraction of sp³-hybridized carbons (Fsp3) is 0.667. The van der Waals surface area contributed by atoms with E-state index < -0.39 is 0 Å². The molecule has 0 spiro atoms. The number of rotatable bonds is 4. The van der Waals surface area contributed by atoms with E-state index in [0.717, 1.165) is 37.5 Å². The number of amides is 2. The number of urea groups is 1. The van der Waals surface area contributed by atoms with Crippen LogP contribution in [0.2, 0.25) is 0 Å². The number of carbonyl (C=O) groups is 1. The second-order valence-electron chi connectivity index (χ2n) is 8.59. The van der Waals surface area contributed by atoms with Crippen molar-refractivity contribution in [2.75, 3.05) is 44.1 Å². The zero-order valence-electron chi connectivity index (χ0n) is 17.4. The lowest BCUT2D eigenvalue weighted by molar-refractivity contribution is -0.197. The van der Waals surface area contributed by atoms with Gasteiger partial charge in [0.2, 0.25) is 0 Å². The molecule has 0 unspecified atom stereocenters. The van der Waals surface area contributed by atoms with Crippen molar-refractivity contribution in [1.82, 2.24) is 4.90 Å². The highest BCUT2D eigenvalue weighted by Crippen LogP contribution is 2.53. The third kappa shape index (κ3) is 3.65. The molecule has 0 aromatic heterocycles. The van der Waals surface area contributed by atoms with Crippen LogP contribution >= 0.6 is 0 Å². The first kappa shape index (κ1) is 20.0. The van der Waals surface area contributed by atoms with E-state index in [4.69, 9.17) is 9.47 Å². The number of carbonyl (C=O) groups excluding carboxylic acids is 1. The van der Waals surface area contributed by atoms with Crippen molar-refractivity contribution in [3.63, 3.8) is 0 Å². The van der Waals surface area contributed by atoms with Crippen LogP contribution in [-0.4, -0.2) is 62.5 Å². The molecule has 150 valence electrons. The SMILES string of the molecule is CO[C@]1(C)C[C@@H](N(C)C(=O)Nc2ccc(N3CCO[C@@H](C)C3)cc2)C1(C)C. The lowest BCUT2D eigenvalue weighted by Gasteiger charge is -2.61. The molecule has 1 aromatic rings. The summed E-state index contributed by atoms with van der Waals surface area (Å²) in [7, 11) is 3.61. The topological polar surface area (TPSA) is 54.0 Å². The van der Waals surface area contributed by atoms with Crippen LogP contribution in [0.4, 0.5) is 16.2 Å². The number of anilines is 2. The smallest absolute Gasteiger partial charge is 0.321 e. The summed E-state index contributed by atoms with van der Waals surface area (Å²) < 4.78 is 11.3. The maximum absolute atomic E-state index is 12.7. The van der Waals surface area contributed by atoms with Crippen LogP contribution in [0.3, 0.4) is 0 Å². The maximum atomic E-state index is 12.7. The van der Waals surface area contributed by atoms with Crippen molar-refractivity contribution in [3.05, 3.63) is 24.3 Å². The average Bonchev–Trinajstić information content (AvgIpc) is 2.65. The van der Waals surface area contributed by atoms with E-state index in [1.54, 1.807) is 12.0 Å². The molecule has 3 atom stereocenters. The summed E-state index contributed by atoms with van der Waals surface area (Å²) in [5.41, 5.74) is 1.68. The molecule has 27 heavy (non-hydrogen) atoms. The van der Waals surface area contributed by atoms with E-state index in [1.165, 1.54) is 0 Å². The molecule has 1 saturated carbocycles. The van der Waals surface area contributed by atoms with E-state index in [1.807, 2.05) is 19.2 Å². The van der Waals surface area contributed by atoms with E-state index in [0.29, 0.717) is 0 Å². The highest BCUT2D eigenvalue weighted by Gasteiger charge is 2.59. The van der Waals surface area contributed by atoms with Crippen molar-refractivity contribution in [2.45, 2.75) is 51.9 Å². The Morgan fingerprint density at radius 1 is 1.30 bits per heavy atom. The van der Waals surface area contributed by atoms with E-state index in [2.05, 4.69) is 50.0 Å². The predicted octanol–water partition coefficient (Wildman–Crippen LogP) is 3.58. The minimum Gasteiger partial charge on any atom is -0.378 e. The number of ether oxygens (including phenoxy) is 2. The number of benzene rings is 1. The average molecular weight is 376 g/mol. The van der Waals surface area contributed by atoms with Crippen LogP contribution in [-0.2, 0) is 9.47 Å². The van der Waals surface area contributed by atoms with Crippen LogP contribution in [0.1, 0.15) is 34.1 Å². The fourth-order valence-corrected chi connectivity index (χ4v) is 4.24. The van der Waals surface area contributed by atoms with Gasteiger partial charge in [0, 0.05) is 50.1 Å². The number of nitrogens with one attached hydrogen (secondary N) is 1. The molecule has 3 rings (SSSR count). The zero-order valence-corrected chi connectivity index (χ0v) is 17.4. The summed E-state index contributed by atoms with van der Waals surface area (Å²) in [6.07, 6.45) is 1.09. The van der Waals surface area contributed by atoms with Gasteiger partial charge in [-0.3, -0.25) is 0 Å². The molecular weight excluding hydrogens is 342 g/mol. The van der Waals surface area contributed by atoms with Crippen molar-refractivity contribution in [1.29, 1.82) is 0 Å². The van der Waals surface area contributed by atoms with Gasteiger partial charge in [-0.05, 0) is 44.5 Å². The molecule has 1 N–H and O–H groups in total. The number of hydrogen-bond acceptors (Lipinski definition) is 4. The molecular formula is C21H33N3O3. The lowest BCUT2D eigenvalue weighted by atomic mass is 9.55. The second-order valence-corrected chi connectivity index (χ2v) is 8.59. The molecule has 0 radical (unpaired) electrons. The standard InChI is InChI=1S/C21H33N3O3/c1-15-14-24(11-12-27-15)17-9-7-16(8-10-17)22-19(25)23(5)18-13-21(4,26-6)20(18,2)3/h7-10,15,18H,11-14H2,1-6H3,(H,22,25)/t15-,18+,21+/m0/s1. The fourth-order valence-electron chi connectivity index (χ4n) is 4.24. The van der Waals surface area contributed by atoms with Crippen LogP contribution in [0.5, 0.6) is 0 Å². The molecule has 1 aromatic carbocycles. The largest absolute Gasteiger partial charge is 0.378 e. The van der Waals surface area contributed by atoms with Gasteiger partial charge in [0.25, 0.3) is 0 Å². The minimum absolute atomic E-state index is 0.0843.